The maximum absolute atomic E-state index is 12.0. The van der Waals surface area contributed by atoms with Gasteiger partial charge in [0, 0.05) is 12.3 Å². The summed E-state index contributed by atoms with van der Waals surface area (Å²) >= 11 is 0. The van der Waals surface area contributed by atoms with Crippen LogP contribution in [0.3, 0.4) is 0 Å². The minimum Gasteiger partial charge on any atom is -0.299 e. The zero-order chi connectivity index (χ0) is 13.0. The van der Waals surface area contributed by atoms with Crippen molar-refractivity contribution in [2.45, 2.75) is 46.0 Å². The van der Waals surface area contributed by atoms with E-state index in [1.807, 2.05) is 6.07 Å². The Hall–Kier alpha value is -1.11. The fourth-order valence-corrected chi connectivity index (χ4v) is 3.02. The van der Waals surface area contributed by atoms with Gasteiger partial charge in [0.2, 0.25) is 0 Å². The van der Waals surface area contributed by atoms with Gasteiger partial charge in [-0.15, -0.1) is 0 Å². The molecule has 1 aliphatic rings. The van der Waals surface area contributed by atoms with E-state index in [0.717, 1.165) is 43.9 Å². The molecule has 18 heavy (non-hydrogen) atoms. The maximum Gasteiger partial charge on any atom is 0.136 e. The van der Waals surface area contributed by atoms with Crippen molar-refractivity contribution < 1.29 is 4.79 Å². The Kier molecular flexibility index (Phi) is 4.57. The highest BCUT2D eigenvalue weighted by atomic mass is 16.1. The summed E-state index contributed by atoms with van der Waals surface area (Å²) in [6.07, 6.45) is 5.11. The third-order valence-electron chi connectivity index (χ3n) is 4.37. The first-order chi connectivity index (χ1) is 8.66. The molecule has 0 heterocycles. The van der Waals surface area contributed by atoms with Crippen molar-refractivity contribution in [2.24, 2.45) is 17.8 Å². The van der Waals surface area contributed by atoms with Gasteiger partial charge in [-0.2, -0.15) is 0 Å². The standard InChI is InChI=1S/C17H24O/c1-13(2)15-10-11-17(18)16(12-15)9-8-14-6-4-3-5-7-14/h3-7,13,15-16H,8-12H2,1-2H3. The van der Waals surface area contributed by atoms with Crippen LogP contribution in [0.25, 0.3) is 0 Å². The van der Waals surface area contributed by atoms with Crippen LogP contribution in [0.1, 0.15) is 45.1 Å². The van der Waals surface area contributed by atoms with Gasteiger partial charge in [-0.3, -0.25) is 4.79 Å². The number of hydrogen-bond donors (Lipinski definition) is 0. The van der Waals surface area contributed by atoms with E-state index in [9.17, 15) is 4.79 Å². The van der Waals surface area contributed by atoms with Crippen LogP contribution < -0.4 is 0 Å². The lowest BCUT2D eigenvalue weighted by Gasteiger charge is -2.30. The molecule has 1 saturated carbocycles. The van der Waals surface area contributed by atoms with Gasteiger partial charge >= 0.3 is 0 Å². The molecular formula is C17H24O. The fraction of sp³-hybridized carbons (Fsp3) is 0.588. The fourth-order valence-electron chi connectivity index (χ4n) is 3.02. The molecule has 2 unspecified atom stereocenters. The van der Waals surface area contributed by atoms with Crippen LogP contribution in [-0.4, -0.2) is 5.78 Å². The first-order valence-electron chi connectivity index (χ1n) is 7.23. The normalized spacial score (nSPS) is 24.5. The molecule has 0 radical (unpaired) electrons. The van der Waals surface area contributed by atoms with Crippen molar-refractivity contribution in [3.05, 3.63) is 35.9 Å². The zero-order valence-corrected chi connectivity index (χ0v) is 11.6. The van der Waals surface area contributed by atoms with E-state index in [2.05, 4.69) is 38.1 Å². The molecule has 2 rings (SSSR count). The average molecular weight is 244 g/mol. The molecule has 0 saturated heterocycles. The van der Waals surface area contributed by atoms with Crippen LogP contribution in [0.15, 0.2) is 30.3 Å². The molecular weight excluding hydrogens is 220 g/mol. The predicted octanol–water partition coefficient (Wildman–Crippen LogP) is 4.26. The van der Waals surface area contributed by atoms with E-state index < -0.39 is 0 Å². The van der Waals surface area contributed by atoms with Crippen molar-refractivity contribution in [1.82, 2.24) is 0 Å². The quantitative estimate of drug-likeness (QED) is 0.773. The average Bonchev–Trinajstić information content (AvgIpc) is 2.38. The van der Waals surface area contributed by atoms with Gasteiger partial charge in [0.15, 0.2) is 0 Å². The van der Waals surface area contributed by atoms with Gasteiger partial charge in [-0.05, 0) is 43.1 Å². The van der Waals surface area contributed by atoms with Gasteiger partial charge in [0.1, 0.15) is 5.78 Å². The SMILES string of the molecule is CC(C)C1CCC(=O)C(CCc2ccccc2)C1. The molecule has 1 fully saturated rings. The first-order valence-corrected chi connectivity index (χ1v) is 7.23. The monoisotopic (exact) mass is 244 g/mol. The van der Waals surface area contributed by atoms with Crippen LogP contribution in [0.2, 0.25) is 0 Å². The molecule has 0 bridgehead atoms. The summed E-state index contributed by atoms with van der Waals surface area (Å²) in [7, 11) is 0. The number of carbonyl (C=O) groups excluding carboxylic acids is 1. The van der Waals surface area contributed by atoms with Crippen molar-refractivity contribution in [3.8, 4) is 0 Å². The molecule has 0 amide bonds. The number of carbonyl (C=O) groups is 1. The van der Waals surface area contributed by atoms with Crippen LogP contribution in [0, 0.1) is 17.8 Å². The Bertz CT molecular complexity index is 380. The maximum atomic E-state index is 12.0. The number of aryl methyl sites for hydroxylation is 1. The Labute approximate surface area is 111 Å². The third kappa shape index (κ3) is 3.44. The van der Waals surface area contributed by atoms with Gasteiger partial charge < -0.3 is 0 Å². The minimum atomic E-state index is 0.311. The zero-order valence-electron chi connectivity index (χ0n) is 11.6. The van der Waals surface area contributed by atoms with Crippen LogP contribution in [-0.2, 0) is 11.2 Å². The number of rotatable bonds is 4. The van der Waals surface area contributed by atoms with E-state index in [4.69, 9.17) is 0 Å². The number of Topliss-reactive ketones (excluding diaryl/α,β-unsaturated/α-hetero) is 1. The highest BCUT2D eigenvalue weighted by Gasteiger charge is 2.29. The number of benzene rings is 1. The molecule has 0 aromatic heterocycles. The lowest BCUT2D eigenvalue weighted by atomic mass is 9.74. The number of ketones is 1. The molecule has 2 atom stereocenters. The largest absolute Gasteiger partial charge is 0.299 e. The molecule has 98 valence electrons. The predicted molar refractivity (Wildman–Crippen MR) is 75.4 cm³/mol. The Morgan fingerprint density at radius 1 is 1.22 bits per heavy atom. The van der Waals surface area contributed by atoms with E-state index in [0.29, 0.717) is 11.7 Å². The second kappa shape index (κ2) is 6.17. The molecule has 1 aliphatic carbocycles. The summed E-state index contributed by atoms with van der Waals surface area (Å²) in [5.74, 6) is 2.29. The lowest BCUT2D eigenvalue weighted by Crippen LogP contribution is -2.27. The molecule has 1 aromatic carbocycles. The second-order valence-corrected chi connectivity index (χ2v) is 5.97. The second-order valence-electron chi connectivity index (χ2n) is 5.97. The Morgan fingerprint density at radius 3 is 2.61 bits per heavy atom. The van der Waals surface area contributed by atoms with Crippen molar-refractivity contribution in [1.29, 1.82) is 0 Å². The van der Waals surface area contributed by atoms with E-state index in [1.54, 1.807) is 0 Å². The van der Waals surface area contributed by atoms with E-state index in [1.165, 1.54) is 5.56 Å². The van der Waals surface area contributed by atoms with Crippen molar-refractivity contribution in [2.75, 3.05) is 0 Å². The van der Waals surface area contributed by atoms with Crippen LogP contribution >= 0.6 is 0 Å². The van der Waals surface area contributed by atoms with E-state index >= 15 is 0 Å². The smallest absolute Gasteiger partial charge is 0.136 e. The molecule has 0 N–H and O–H groups in total. The van der Waals surface area contributed by atoms with Crippen molar-refractivity contribution in [3.63, 3.8) is 0 Å². The van der Waals surface area contributed by atoms with E-state index in [-0.39, 0.29) is 0 Å². The van der Waals surface area contributed by atoms with Gasteiger partial charge in [-0.1, -0.05) is 44.2 Å². The summed E-state index contributed by atoms with van der Waals surface area (Å²) < 4.78 is 0. The highest BCUT2D eigenvalue weighted by molar-refractivity contribution is 5.81. The summed E-state index contributed by atoms with van der Waals surface area (Å²) in [5.41, 5.74) is 1.36. The number of hydrogen-bond acceptors (Lipinski definition) is 1. The summed E-state index contributed by atoms with van der Waals surface area (Å²) in [4.78, 5) is 12.0. The Balaban J connectivity index is 1.89. The molecule has 0 aliphatic heterocycles. The summed E-state index contributed by atoms with van der Waals surface area (Å²) in [6, 6.07) is 10.5. The highest BCUT2D eigenvalue weighted by Crippen LogP contribution is 2.33. The summed E-state index contributed by atoms with van der Waals surface area (Å²) in [6.45, 7) is 4.57. The molecule has 0 spiro atoms. The first kappa shape index (κ1) is 13.3. The lowest BCUT2D eigenvalue weighted by molar-refractivity contribution is -0.126. The molecule has 1 heteroatoms. The van der Waals surface area contributed by atoms with Crippen LogP contribution in [0.4, 0.5) is 0 Å². The Morgan fingerprint density at radius 2 is 1.94 bits per heavy atom. The molecule has 1 aromatic rings. The van der Waals surface area contributed by atoms with Gasteiger partial charge in [0.05, 0.1) is 0 Å². The van der Waals surface area contributed by atoms with Gasteiger partial charge in [-0.25, -0.2) is 0 Å². The summed E-state index contributed by atoms with van der Waals surface area (Å²) in [5, 5.41) is 0. The van der Waals surface area contributed by atoms with Crippen LogP contribution in [0.5, 0.6) is 0 Å². The minimum absolute atomic E-state index is 0.311. The topological polar surface area (TPSA) is 17.1 Å². The molecule has 1 nitrogen and oxygen atoms in total. The third-order valence-corrected chi connectivity index (χ3v) is 4.37. The van der Waals surface area contributed by atoms with Gasteiger partial charge in [0.25, 0.3) is 0 Å². The van der Waals surface area contributed by atoms with Crippen molar-refractivity contribution >= 4 is 5.78 Å².